The molecule has 0 aromatic carbocycles. The SMILES string of the molecule is CN[C@H](C)C(=O)SCCNC(=O)CCNC(=O)[C@H](O)C(C)(C)COP(=O)(O)OP(=O)(O)OC[C@H]1O[C@@H](n2cnc3c(N)ncnc32)[C@H](O)[C@@H]1OP(=O)(O)O. The summed E-state index contributed by atoms with van der Waals surface area (Å²) in [5, 5.41) is 29.0. The number of aliphatic hydroxyl groups is 2. The van der Waals surface area contributed by atoms with Crippen molar-refractivity contribution in [2.45, 2.75) is 63.9 Å². The highest BCUT2D eigenvalue weighted by molar-refractivity contribution is 8.13. The van der Waals surface area contributed by atoms with E-state index in [0.717, 1.165) is 29.0 Å². The Labute approximate surface area is 311 Å². The van der Waals surface area contributed by atoms with Gasteiger partial charge in [-0.05, 0) is 14.0 Å². The van der Waals surface area contributed by atoms with E-state index < -0.39 is 84.6 Å². The molecule has 1 saturated heterocycles. The number of hydrogen-bond acceptors (Lipinski definition) is 19. The van der Waals surface area contributed by atoms with E-state index in [1.807, 2.05) is 0 Å². The number of phosphoric ester groups is 3. The van der Waals surface area contributed by atoms with Crippen molar-refractivity contribution in [2.75, 3.05) is 44.8 Å². The van der Waals surface area contributed by atoms with Gasteiger partial charge in [-0.1, -0.05) is 25.6 Å². The van der Waals surface area contributed by atoms with Gasteiger partial charge in [0.25, 0.3) is 0 Å². The summed E-state index contributed by atoms with van der Waals surface area (Å²) < 4.78 is 62.0. The van der Waals surface area contributed by atoms with E-state index in [9.17, 15) is 57.9 Å². The molecule has 54 heavy (non-hydrogen) atoms. The van der Waals surface area contributed by atoms with Crippen LogP contribution >= 0.6 is 35.2 Å². The molecule has 0 bridgehead atoms. The maximum absolute atomic E-state index is 12.6. The number of phosphoric acid groups is 3. The standard InChI is InChI=1S/C25H43N8O17P3S/c1-13(27-4)24(38)54-8-7-28-15(34)5-6-29-22(37)19(36)25(2,3)10-47-53(44,45)50-52(42,43)46-9-14-18(49-51(39,40)41)17(35)23(48-14)33-12-32-16-20(26)30-11-31-21(16)33/h11-14,17-19,23,27,35-36H,5-10H2,1-4H3,(H,28,34)(H,29,37)(H,42,43)(H,44,45)(H2,26,30,31)(H2,39,40,41)/t13-,14-,17-,18-,19+,23-/m1/s1. The molecule has 2 amide bonds. The molecule has 2 aromatic rings. The molecule has 29 heteroatoms. The third-order valence-electron chi connectivity index (χ3n) is 7.53. The molecule has 2 unspecified atom stereocenters. The lowest BCUT2D eigenvalue weighted by Crippen LogP contribution is -2.46. The second kappa shape index (κ2) is 19.1. The van der Waals surface area contributed by atoms with Crippen LogP contribution in [-0.4, -0.2) is 136 Å². The number of aromatic nitrogens is 4. The summed E-state index contributed by atoms with van der Waals surface area (Å²) in [4.78, 5) is 87.2. The van der Waals surface area contributed by atoms with Crippen LogP contribution in [0.15, 0.2) is 12.7 Å². The molecule has 1 aliphatic rings. The highest BCUT2D eigenvalue weighted by atomic mass is 32.2. The molecular weight excluding hydrogens is 809 g/mol. The second-order valence-corrected chi connectivity index (χ2v) is 17.6. The monoisotopic (exact) mass is 852 g/mol. The minimum Gasteiger partial charge on any atom is -0.386 e. The van der Waals surface area contributed by atoms with Crippen molar-refractivity contribution < 1.29 is 80.5 Å². The van der Waals surface area contributed by atoms with Crippen LogP contribution in [-0.2, 0) is 50.7 Å². The lowest BCUT2D eigenvalue weighted by Gasteiger charge is -2.30. The first kappa shape index (κ1) is 45.9. The van der Waals surface area contributed by atoms with E-state index in [4.69, 9.17) is 19.5 Å². The van der Waals surface area contributed by atoms with Crippen molar-refractivity contribution in [3.05, 3.63) is 12.7 Å². The average Bonchev–Trinajstić information content (AvgIpc) is 3.64. The summed E-state index contributed by atoms with van der Waals surface area (Å²) in [6, 6.07) is -0.345. The molecule has 0 aliphatic carbocycles. The number of carbonyl (C=O) groups is 3. The number of ether oxygens (including phenoxy) is 1. The summed E-state index contributed by atoms with van der Waals surface area (Å²) in [7, 11) is -14.7. The van der Waals surface area contributed by atoms with E-state index in [0.29, 0.717) is 5.75 Å². The summed E-state index contributed by atoms with van der Waals surface area (Å²) in [5.74, 6) is -1.13. The van der Waals surface area contributed by atoms with Gasteiger partial charge in [0.15, 0.2) is 17.7 Å². The predicted octanol–water partition coefficient (Wildman–Crippen LogP) is -1.73. The number of imidazole rings is 1. The topological polar surface area (TPSA) is 376 Å². The number of fused-ring (bicyclic) bond motifs is 1. The van der Waals surface area contributed by atoms with Gasteiger partial charge in [0.1, 0.15) is 36.3 Å². The number of nitrogen functional groups attached to an aromatic ring is 1. The summed E-state index contributed by atoms with van der Waals surface area (Å²) in [5.41, 5.74) is 4.26. The zero-order chi connectivity index (χ0) is 40.6. The number of nitrogens with two attached hydrogens (primary N) is 1. The van der Waals surface area contributed by atoms with Crippen LogP contribution in [0.25, 0.3) is 11.2 Å². The van der Waals surface area contributed by atoms with Crippen molar-refractivity contribution in [2.24, 2.45) is 5.41 Å². The van der Waals surface area contributed by atoms with Gasteiger partial charge in [0.2, 0.25) is 16.9 Å². The second-order valence-electron chi connectivity index (χ2n) is 12.2. The van der Waals surface area contributed by atoms with Gasteiger partial charge in [0.05, 0.1) is 25.6 Å². The molecule has 1 aliphatic heterocycles. The molecule has 25 nitrogen and oxygen atoms in total. The Morgan fingerprint density at radius 1 is 1.07 bits per heavy atom. The number of likely N-dealkylation sites (N-methyl/N-ethyl adjacent to an activating group) is 1. The Bertz CT molecular complexity index is 1780. The fourth-order valence-corrected chi connectivity index (χ4v) is 8.13. The number of carbonyl (C=O) groups excluding carboxylic acids is 3. The number of rotatable bonds is 21. The molecule has 11 N–H and O–H groups in total. The van der Waals surface area contributed by atoms with E-state index >= 15 is 0 Å². The van der Waals surface area contributed by atoms with Gasteiger partial charge in [0, 0.05) is 30.7 Å². The first-order chi connectivity index (χ1) is 25.0. The van der Waals surface area contributed by atoms with Gasteiger partial charge < -0.3 is 56.2 Å². The first-order valence-corrected chi connectivity index (χ1v) is 21.2. The highest BCUT2D eigenvalue weighted by Gasteiger charge is 2.50. The number of nitrogens with zero attached hydrogens (tertiary/aromatic N) is 4. The van der Waals surface area contributed by atoms with Gasteiger partial charge in [-0.2, -0.15) is 4.31 Å². The maximum Gasteiger partial charge on any atom is 0.481 e. The number of aliphatic hydroxyl groups excluding tert-OH is 2. The van der Waals surface area contributed by atoms with Crippen LogP contribution in [0.4, 0.5) is 5.82 Å². The smallest absolute Gasteiger partial charge is 0.386 e. The van der Waals surface area contributed by atoms with Gasteiger partial charge in [-0.15, -0.1) is 0 Å². The molecule has 3 heterocycles. The van der Waals surface area contributed by atoms with Crippen LogP contribution in [0.3, 0.4) is 0 Å². The number of thioether (sulfide) groups is 1. The third kappa shape index (κ3) is 13.3. The Hall–Kier alpha value is -2.48. The zero-order valence-electron chi connectivity index (χ0n) is 29.2. The number of anilines is 1. The van der Waals surface area contributed by atoms with Crippen LogP contribution in [0, 0.1) is 5.41 Å². The Morgan fingerprint density at radius 2 is 1.74 bits per heavy atom. The van der Waals surface area contributed by atoms with E-state index in [1.54, 1.807) is 14.0 Å². The Morgan fingerprint density at radius 3 is 2.39 bits per heavy atom. The number of hydrogen-bond donors (Lipinski definition) is 10. The quantitative estimate of drug-likeness (QED) is 0.0493. The van der Waals surface area contributed by atoms with Crippen molar-refractivity contribution in [3.63, 3.8) is 0 Å². The largest absolute Gasteiger partial charge is 0.481 e. The highest BCUT2D eigenvalue weighted by Crippen LogP contribution is 2.61. The zero-order valence-corrected chi connectivity index (χ0v) is 32.7. The van der Waals surface area contributed by atoms with Crippen molar-refractivity contribution >= 4 is 69.1 Å². The molecule has 2 aromatic heterocycles. The molecule has 1 fully saturated rings. The normalized spacial score (nSPS) is 22.6. The number of amides is 2. The molecule has 306 valence electrons. The third-order valence-corrected chi connectivity index (χ3v) is 11.7. The van der Waals surface area contributed by atoms with E-state index in [2.05, 4.69) is 39.7 Å². The Balaban J connectivity index is 1.51. The lowest BCUT2D eigenvalue weighted by molar-refractivity contribution is -0.137. The first-order valence-electron chi connectivity index (χ1n) is 15.7. The molecule has 0 saturated carbocycles. The molecular formula is C25H43N8O17P3S. The summed E-state index contributed by atoms with van der Waals surface area (Å²) in [6.07, 6.45) is -6.92. The maximum atomic E-state index is 12.6. The fourth-order valence-electron chi connectivity index (χ4n) is 4.52. The average molecular weight is 853 g/mol. The van der Waals surface area contributed by atoms with Crippen LogP contribution in [0.5, 0.6) is 0 Å². The molecule has 8 atom stereocenters. The van der Waals surface area contributed by atoms with Gasteiger partial charge in [-0.3, -0.25) is 32.5 Å². The van der Waals surface area contributed by atoms with E-state index in [-0.39, 0.29) is 47.6 Å². The van der Waals surface area contributed by atoms with Crippen LogP contribution in [0.1, 0.15) is 33.4 Å². The minimum absolute atomic E-state index is 0.0299. The van der Waals surface area contributed by atoms with Crippen LogP contribution in [0.2, 0.25) is 0 Å². The number of nitrogens with one attached hydrogen (secondary N) is 3. The Kier molecular flexibility index (Phi) is 16.2. The van der Waals surface area contributed by atoms with Crippen molar-refractivity contribution in [3.8, 4) is 0 Å². The van der Waals surface area contributed by atoms with Gasteiger partial charge >= 0.3 is 23.5 Å². The van der Waals surface area contributed by atoms with Gasteiger partial charge in [-0.25, -0.2) is 28.6 Å². The molecule has 3 rings (SSSR count). The lowest BCUT2D eigenvalue weighted by atomic mass is 9.87. The summed E-state index contributed by atoms with van der Waals surface area (Å²) >= 11 is 1.04. The predicted molar refractivity (Wildman–Crippen MR) is 186 cm³/mol. The van der Waals surface area contributed by atoms with Crippen molar-refractivity contribution in [1.29, 1.82) is 0 Å². The van der Waals surface area contributed by atoms with E-state index in [1.165, 1.54) is 13.8 Å². The summed E-state index contributed by atoms with van der Waals surface area (Å²) in [6.45, 7) is 2.17. The molecule has 0 radical (unpaired) electrons. The van der Waals surface area contributed by atoms with Crippen LogP contribution < -0.4 is 21.7 Å². The minimum atomic E-state index is -5.57. The fraction of sp³-hybridized carbons (Fsp3) is 0.680. The molecule has 0 spiro atoms. The van der Waals surface area contributed by atoms with Crippen molar-refractivity contribution in [1.82, 2.24) is 35.5 Å².